The van der Waals surface area contributed by atoms with Crippen LogP contribution in [0.2, 0.25) is 5.02 Å². The Bertz CT molecular complexity index is 927. The highest BCUT2D eigenvalue weighted by Gasteiger charge is 2.07. The number of benzene rings is 2. The highest BCUT2D eigenvalue weighted by molar-refractivity contribution is 6.30. The van der Waals surface area contributed by atoms with Gasteiger partial charge in [-0.3, -0.25) is 0 Å². The van der Waals surface area contributed by atoms with Gasteiger partial charge in [-0.1, -0.05) is 35.9 Å². The lowest BCUT2D eigenvalue weighted by Gasteiger charge is -2.02. The van der Waals surface area contributed by atoms with E-state index in [9.17, 15) is 0 Å². The molecule has 20 heavy (non-hydrogen) atoms. The van der Waals surface area contributed by atoms with Crippen molar-refractivity contribution in [2.75, 3.05) is 0 Å². The Morgan fingerprint density at radius 1 is 0.950 bits per heavy atom. The van der Waals surface area contributed by atoms with Crippen molar-refractivity contribution in [2.24, 2.45) is 0 Å². The van der Waals surface area contributed by atoms with Crippen LogP contribution < -0.4 is 0 Å². The third-order valence-corrected chi connectivity index (χ3v) is 3.53. The van der Waals surface area contributed by atoms with Crippen molar-refractivity contribution in [1.82, 2.24) is 14.6 Å². The van der Waals surface area contributed by atoms with Gasteiger partial charge in [0.15, 0.2) is 5.65 Å². The lowest BCUT2D eigenvalue weighted by molar-refractivity contribution is 0.958. The Kier molecular flexibility index (Phi) is 2.47. The SMILES string of the molecule is Clc1cccc(-c2ccn3nc4ccccc4c3n2)c1. The zero-order valence-electron chi connectivity index (χ0n) is 10.5. The summed E-state index contributed by atoms with van der Waals surface area (Å²) in [7, 11) is 0. The molecule has 0 fully saturated rings. The molecule has 0 N–H and O–H groups in total. The zero-order chi connectivity index (χ0) is 13.5. The molecule has 2 aromatic heterocycles. The third-order valence-electron chi connectivity index (χ3n) is 3.30. The largest absolute Gasteiger partial charge is 0.228 e. The van der Waals surface area contributed by atoms with Gasteiger partial charge in [0, 0.05) is 22.2 Å². The Labute approximate surface area is 120 Å². The molecule has 0 saturated heterocycles. The minimum Gasteiger partial charge on any atom is -0.228 e. The maximum Gasteiger partial charge on any atom is 0.163 e. The normalized spacial score (nSPS) is 11.2. The van der Waals surface area contributed by atoms with Crippen molar-refractivity contribution in [2.45, 2.75) is 0 Å². The van der Waals surface area contributed by atoms with Crippen molar-refractivity contribution in [3.63, 3.8) is 0 Å². The molecule has 0 saturated carbocycles. The zero-order valence-corrected chi connectivity index (χ0v) is 11.2. The van der Waals surface area contributed by atoms with Gasteiger partial charge >= 0.3 is 0 Å². The monoisotopic (exact) mass is 279 g/mol. The molecular weight excluding hydrogens is 270 g/mol. The maximum absolute atomic E-state index is 6.04. The molecular formula is C16H10ClN3. The number of rotatable bonds is 1. The van der Waals surface area contributed by atoms with Gasteiger partial charge in [-0.25, -0.2) is 9.50 Å². The molecule has 0 aliphatic rings. The first-order valence-corrected chi connectivity index (χ1v) is 6.69. The molecule has 4 rings (SSSR count). The highest BCUT2D eigenvalue weighted by Crippen LogP contribution is 2.24. The number of halogens is 1. The first kappa shape index (κ1) is 11.4. The summed E-state index contributed by atoms with van der Waals surface area (Å²) in [5, 5.41) is 6.26. The van der Waals surface area contributed by atoms with Gasteiger partial charge in [-0.2, -0.15) is 5.10 Å². The quantitative estimate of drug-likeness (QED) is 0.523. The summed E-state index contributed by atoms with van der Waals surface area (Å²) in [6.45, 7) is 0. The third kappa shape index (κ3) is 1.75. The number of aromatic nitrogens is 3. The van der Waals surface area contributed by atoms with Crippen LogP contribution in [0.4, 0.5) is 0 Å². The van der Waals surface area contributed by atoms with E-state index in [0.717, 1.165) is 27.8 Å². The lowest BCUT2D eigenvalue weighted by Crippen LogP contribution is -1.91. The van der Waals surface area contributed by atoms with Crippen LogP contribution in [-0.2, 0) is 0 Å². The van der Waals surface area contributed by atoms with Crippen molar-refractivity contribution in [3.05, 3.63) is 65.8 Å². The minimum absolute atomic E-state index is 0.711. The van der Waals surface area contributed by atoms with Crippen LogP contribution in [-0.4, -0.2) is 14.6 Å². The van der Waals surface area contributed by atoms with E-state index in [4.69, 9.17) is 16.6 Å². The molecule has 0 atom stereocenters. The predicted octanol–water partition coefficient (Wildman–Crippen LogP) is 4.20. The Balaban J connectivity index is 2.00. The van der Waals surface area contributed by atoms with Gasteiger partial charge < -0.3 is 0 Å². The fourth-order valence-corrected chi connectivity index (χ4v) is 2.54. The average molecular weight is 280 g/mol. The molecule has 0 spiro atoms. The predicted molar refractivity (Wildman–Crippen MR) is 80.9 cm³/mol. The van der Waals surface area contributed by atoms with Crippen LogP contribution in [0.5, 0.6) is 0 Å². The van der Waals surface area contributed by atoms with E-state index in [0.29, 0.717) is 5.02 Å². The first-order valence-electron chi connectivity index (χ1n) is 6.31. The summed E-state index contributed by atoms with van der Waals surface area (Å²) >= 11 is 6.04. The van der Waals surface area contributed by atoms with E-state index in [1.807, 2.05) is 60.8 Å². The number of hydrogen-bond donors (Lipinski definition) is 0. The summed E-state index contributed by atoms with van der Waals surface area (Å²) in [6.07, 6.45) is 1.93. The number of nitrogens with zero attached hydrogens (tertiary/aromatic N) is 3. The molecule has 2 aromatic carbocycles. The van der Waals surface area contributed by atoms with Crippen LogP contribution in [0, 0.1) is 0 Å². The highest BCUT2D eigenvalue weighted by atomic mass is 35.5. The van der Waals surface area contributed by atoms with Gasteiger partial charge in [0.05, 0.1) is 11.2 Å². The van der Waals surface area contributed by atoms with E-state index >= 15 is 0 Å². The van der Waals surface area contributed by atoms with Gasteiger partial charge in [0.1, 0.15) is 0 Å². The molecule has 0 amide bonds. The molecule has 4 heteroatoms. The second-order valence-corrected chi connectivity index (χ2v) is 5.04. The van der Waals surface area contributed by atoms with E-state index in [1.165, 1.54) is 0 Å². The summed E-state index contributed by atoms with van der Waals surface area (Å²) in [6, 6.07) is 17.7. The lowest BCUT2D eigenvalue weighted by atomic mass is 10.1. The van der Waals surface area contributed by atoms with Gasteiger partial charge in [0.2, 0.25) is 0 Å². The average Bonchev–Trinajstić information content (AvgIpc) is 2.85. The fraction of sp³-hybridized carbons (Fsp3) is 0. The second kappa shape index (κ2) is 4.32. The molecule has 4 aromatic rings. The molecule has 0 bridgehead atoms. The molecule has 0 radical (unpaired) electrons. The van der Waals surface area contributed by atoms with Crippen LogP contribution in [0.1, 0.15) is 0 Å². The van der Waals surface area contributed by atoms with E-state index in [-0.39, 0.29) is 0 Å². The van der Waals surface area contributed by atoms with Gasteiger partial charge in [0.25, 0.3) is 0 Å². The summed E-state index contributed by atoms with van der Waals surface area (Å²) in [5.41, 5.74) is 3.71. The van der Waals surface area contributed by atoms with E-state index in [2.05, 4.69) is 5.10 Å². The van der Waals surface area contributed by atoms with Crippen LogP contribution in [0.3, 0.4) is 0 Å². The van der Waals surface area contributed by atoms with Gasteiger partial charge in [-0.15, -0.1) is 0 Å². The Morgan fingerprint density at radius 2 is 1.85 bits per heavy atom. The second-order valence-electron chi connectivity index (χ2n) is 4.61. The molecule has 96 valence electrons. The number of fused-ring (bicyclic) bond motifs is 3. The summed E-state index contributed by atoms with van der Waals surface area (Å²) in [4.78, 5) is 4.72. The van der Waals surface area contributed by atoms with Gasteiger partial charge in [-0.05, 0) is 30.3 Å². The molecule has 2 heterocycles. The fourth-order valence-electron chi connectivity index (χ4n) is 2.35. The molecule has 0 unspecified atom stereocenters. The smallest absolute Gasteiger partial charge is 0.163 e. The van der Waals surface area contributed by atoms with Crippen molar-refractivity contribution >= 4 is 28.2 Å². The standard InChI is InChI=1S/C16H10ClN3/c17-12-5-3-4-11(10-12)14-8-9-20-16(18-14)13-6-1-2-7-15(13)19-20/h1-10H. The van der Waals surface area contributed by atoms with E-state index in [1.54, 1.807) is 4.52 Å². The maximum atomic E-state index is 6.04. The van der Waals surface area contributed by atoms with Crippen LogP contribution in [0.15, 0.2) is 60.8 Å². The van der Waals surface area contributed by atoms with Crippen LogP contribution >= 0.6 is 11.6 Å². The van der Waals surface area contributed by atoms with E-state index < -0.39 is 0 Å². The molecule has 0 aliphatic heterocycles. The topological polar surface area (TPSA) is 30.2 Å². The molecule has 3 nitrogen and oxygen atoms in total. The first-order chi connectivity index (χ1) is 9.81. The van der Waals surface area contributed by atoms with Crippen LogP contribution in [0.25, 0.3) is 27.8 Å². The summed E-state index contributed by atoms with van der Waals surface area (Å²) < 4.78 is 1.80. The van der Waals surface area contributed by atoms with Crippen molar-refractivity contribution in [3.8, 4) is 11.3 Å². The summed E-state index contributed by atoms with van der Waals surface area (Å²) in [5.74, 6) is 0. The van der Waals surface area contributed by atoms with Crippen molar-refractivity contribution < 1.29 is 0 Å². The Morgan fingerprint density at radius 3 is 2.75 bits per heavy atom. The number of hydrogen-bond acceptors (Lipinski definition) is 2. The van der Waals surface area contributed by atoms with Crippen molar-refractivity contribution in [1.29, 1.82) is 0 Å². The molecule has 0 aliphatic carbocycles. The Hall–Kier alpha value is -2.39. The minimum atomic E-state index is 0.711.